The van der Waals surface area contributed by atoms with Crippen molar-refractivity contribution in [3.05, 3.63) is 45.3 Å². The number of ether oxygens (including phenoxy) is 1. The van der Waals surface area contributed by atoms with Gasteiger partial charge in [0.15, 0.2) is 0 Å². The Morgan fingerprint density at radius 2 is 2.04 bits per heavy atom. The molecule has 1 fully saturated rings. The van der Waals surface area contributed by atoms with E-state index in [9.17, 15) is 4.79 Å². The van der Waals surface area contributed by atoms with E-state index in [1.165, 1.54) is 0 Å². The van der Waals surface area contributed by atoms with E-state index in [1.807, 2.05) is 25.1 Å². The number of hydrogen-bond acceptors (Lipinski definition) is 4. The Kier molecular flexibility index (Phi) is 5.02. The van der Waals surface area contributed by atoms with E-state index < -0.39 is 0 Å². The van der Waals surface area contributed by atoms with E-state index in [0.717, 1.165) is 43.9 Å². The van der Waals surface area contributed by atoms with E-state index in [4.69, 9.17) is 22.1 Å². The van der Waals surface area contributed by atoms with Crippen molar-refractivity contribution in [1.29, 1.82) is 0 Å². The fourth-order valence-electron chi connectivity index (χ4n) is 3.05. The summed E-state index contributed by atoms with van der Waals surface area (Å²) in [6, 6.07) is 7.28. The fourth-order valence-corrected chi connectivity index (χ4v) is 3.31. The quantitative estimate of drug-likeness (QED) is 0.928. The second-order valence-electron chi connectivity index (χ2n) is 5.97. The molecule has 1 atom stereocenters. The highest BCUT2D eigenvalue weighted by atomic mass is 35.5. The van der Waals surface area contributed by atoms with Crippen LogP contribution in [0.1, 0.15) is 18.7 Å². The molecular weight excluding hydrogens is 314 g/mol. The molecule has 2 heterocycles. The van der Waals surface area contributed by atoms with Gasteiger partial charge in [0.05, 0.1) is 23.6 Å². The Morgan fingerprint density at radius 3 is 2.74 bits per heavy atom. The van der Waals surface area contributed by atoms with E-state index in [2.05, 4.69) is 4.90 Å². The standard InChI is InChI=1S/C17H22ClN3O2/c1-12(19)15-11-13-3-2-4-14(18)16(13)17(22)21(15)6-5-20-7-9-23-10-8-20/h2-4,11-12H,5-10,19H2,1H3. The van der Waals surface area contributed by atoms with Gasteiger partial charge in [-0.05, 0) is 24.4 Å². The number of halogens is 1. The molecule has 1 unspecified atom stereocenters. The van der Waals surface area contributed by atoms with Gasteiger partial charge in [0.25, 0.3) is 5.56 Å². The van der Waals surface area contributed by atoms with Gasteiger partial charge in [-0.1, -0.05) is 23.7 Å². The summed E-state index contributed by atoms with van der Waals surface area (Å²) in [6.07, 6.45) is 0. The Labute approximate surface area is 140 Å². The lowest BCUT2D eigenvalue weighted by atomic mass is 10.1. The maximum absolute atomic E-state index is 12.9. The average molecular weight is 336 g/mol. The second kappa shape index (κ2) is 7.01. The van der Waals surface area contributed by atoms with Crippen molar-refractivity contribution in [3.8, 4) is 0 Å². The summed E-state index contributed by atoms with van der Waals surface area (Å²) >= 11 is 6.24. The summed E-state index contributed by atoms with van der Waals surface area (Å²) in [5, 5.41) is 1.90. The minimum atomic E-state index is -0.212. The van der Waals surface area contributed by atoms with E-state index in [1.54, 1.807) is 10.6 Å². The number of fused-ring (bicyclic) bond motifs is 1. The summed E-state index contributed by atoms with van der Waals surface area (Å²) in [6.45, 7) is 6.61. The molecule has 0 spiro atoms. The maximum Gasteiger partial charge on any atom is 0.260 e. The molecule has 1 aromatic heterocycles. The third kappa shape index (κ3) is 3.43. The Balaban J connectivity index is 1.99. The Bertz CT molecular complexity index is 751. The third-order valence-corrected chi connectivity index (χ3v) is 4.64. The predicted octanol–water partition coefficient (Wildman–Crippen LogP) is 2.01. The highest BCUT2D eigenvalue weighted by molar-refractivity contribution is 6.35. The maximum atomic E-state index is 12.9. The van der Waals surface area contributed by atoms with Crippen LogP contribution in [-0.2, 0) is 11.3 Å². The molecule has 1 aliphatic rings. The minimum Gasteiger partial charge on any atom is -0.379 e. The van der Waals surface area contributed by atoms with Gasteiger partial charge in [-0.3, -0.25) is 9.69 Å². The molecule has 0 saturated carbocycles. The van der Waals surface area contributed by atoms with E-state index in [0.29, 0.717) is 17.0 Å². The monoisotopic (exact) mass is 335 g/mol. The topological polar surface area (TPSA) is 60.5 Å². The van der Waals surface area contributed by atoms with Crippen LogP contribution in [0.25, 0.3) is 10.8 Å². The highest BCUT2D eigenvalue weighted by Gasteiger charge is 2.16. The highest BCUT2D eigenvalue weighted by Crippen LogP contribution is 2.22. The summed E-state index contributed by atoms with van der Waals surface area (Å²) < 4.78 is 7.14. The summed E-state index contributed by atoms with van der Waals surface area (Å²) in [4.78, 5) is 15.2. The number of hydrogen-bond donors (Lipinski definition) is 1. The largest absolute Gasteiger partial charge is 0.379 e. The molecule has 23 heavy (non-hydrogen) atoms. The molecule has 3 rings (SSSR count). The third-order valence-electron chi connectivity index (χ3n) is 4.33. The SMILES string of the molecule is CC(N)c1cc2cccc(Cl)c2c(=O)n1CCN1CCOCC1. The fraction of sp³-hybridized carbons (Fsp3) is 0.471. The van der Waals surface area contributed by atoms with Crippen molar-refractivity contribution in [2.45, 2.75) is 19.5 Å². The van der Waals surface area contributed by atoms with Crippen molar-refractivity contribution in [3.63, 3.8) is 0 Å². The number of nitrogens with two attached hydrogens (primary N) is 1. The number of pyridine rings is 1. The average Bonchev–Trinajstić information content (AvgIpc) is 2.54. The van der Waals surface area contributed by atoms with E-state index in [-0.39, 0.29) is 11.6 Å². The smallest absolute Gasteiger partial charge is 0.260 e. The Hall–Kier alpha value is -1.40. The zero-order chi connectivity index (χ0) is 16.4. The first-order valence-electron chi connectivity index (χ1n) is 7.95. The number of morpholine rings is 1. The lowest BCUT2D eigenvalue weighted by Crippen LogP contribution is -2.40. The number of nitrogens with zero attached hydrogens (tertiary/aromatic N) is 2. The molecule has 1 saturated heterocycles. The van der Waals surface area contributed by atoms with Gasteiger partial charge >= 0.3 is 0 Å². The molecule has 0 bridgehead atoms. The van der Waals surface area contributed by atoms with E-state index >= 15 is 0 Å². The molecule has 0 aliphatic carbocycles. The molecule has 6 heteroatoms. The normalized spacial score (nSPS) is 17.5. The van der Waals surface area contributed by atoms with Crippen LogP contribution in [0, 0.1) is 0 Å². The summed E-state index contributed by atoms with van der Waals surface area (Å²) in [7, 11) is 0. The van der Waals surface area contributed by atoms with Crippen LogP contribution < -0.4 is 11.3 Å². The minimum absolute atomic E-state index is 0.0614. The lowest BCUT2D eigenvalue weighted by Gasteiger charge is -2.27. The van der Waals surface area contributed by atoms with Crippen molar-refractivity contribution in [2.75, 3.05) is 32.8 Å². The van der Waals surface area contributed by atoms with Gasteiger partial charge in [0, 0.05) is 37.9 Å². The molecule has 0 amide bonds. The van der Waals surface area contributed by atoms with Gasteiger partial charge in [0.1, 0.15) is 0 Å². The number of rotatable bonds is 4. The molecule has 1 aromatic carbocycles. The van der Waals surface area contributed by atoms with Crippen molar-refractivity contribution in [2.24, 2.45) is 5.73 Å². The predicted molar refractivity (Wildman–Crippen MR) is 93.1 cm³/mol. The lowest BCUT2D eigenvalue weighted by molar-refractivity contribution is 0.0362. The zero-order valence-corrected chi connectivity index (χ0v) is 14.1. The van der Waals surface area contributed by atoms with Crippen LogP contribution in [-0.4, -0.2) is 42.3 Å². The number of aromatic nitrogens is 1. The van der Waals surface area contributed by atoms with Crippen LogP contribution >= 0.6 is 11.6 Å². The van der Waals surface area contributed by atoms with Crippen LogP contribution in [0.5, 0.6) is 0 Å². The molecule has 124 valence electrons. The van der Waals surface area contributed by atoms with Crippen LogP contribution in [0.2, 0.25) is 5.02 Å². The van der Waals surface area contributed by atoms with Gasteiger partial charge in [-0.15, -0.1) is 0 Å². The van der Waals surface area contributed by atoms with Gasteiger partial charge in [-0.25, -0.2) is 0 Å². The second-order valence-corrected chi connectivity index (χ2v) is 6.38. The first kappa shape index (κ1) is 16.5. The van der Waals surface area contributed by atoms with Gasteiger partial charge in [-0.2, -0.15) is 0 Å². The molecule has 2 aromatic rings. The number of benzene rings is 1. The van der Waals surface area contributed by atoms with Crippen LogP contribution in [0.15, 0.2) is 29.1 Å². The zero-order valence-electron chi connectivity index (χ0n) is 13.3. The molecule has 1 aliphatic heterocycles. The summed E-state index contributed by atoms with van der Waals surface area (Å²) in [5.41, 5.74) is 6.88. The van der Waals surface area contributed by atoms with Crippen LogP contribution in [0.4, 0.5) is 0 Å². The molecular formula is C17H22ClN3O2. The van der Waals surface area contributed by atoms with Gasteiger partial charge < -0.3 is 15.0 Å². The van der Waals surface area contributed by atoms with Crippen molar-refractivity contribution >= 4 is 22.4 Å². The summed E-state index contributed by atoms with van der Waals surface area (Å²) in [5.74, 6) is 0. The first-order chi connectivity index (χ1) is 11.1. The van der Waals surface area contributed by atoms with Gasteiger partial charge in [0.2, 0.25) is 0 Å². The van der Waals surface area contributed by atoms with Crippen molar-refractivity contribution < 1.29 is 4.74 Å². The van der Waals surface area contributed by atoms with Crippen LogP contribution in [0.3, 0.4) is 0 Å². The first-order valence-corrected chi connectivity index (χ1v) is 8.33. The van der Waals surface area contributed by atoms with Crippen molar-refractivity contribution in [1.82, 2.24) is 9.47 Å². The molecule has 0 radical (unpaired) electrons. The molecule has 2 N–H and O–H groups in total. The Morgan fingerprint density at radius 1 is 1.30 bits per heavy atom. The molecule has 5 nitrogen and oxygen atoms in total.